The fraction of sp³-hybridized carbons (Fsp3) is 0.391. The average molecular weight is 413 g/mol. The number of carbonyl (C=O) groups is 2. The lowest BCUT2D eigenvalue weighted by Crippen LogP contribution is -2.36. The Morgan fingerprint density at radius 2 is 1.83 bits per heavy atom. The van der Waals surface area contributed by atoms with Crippen molar-refractivity contribution in [2.45, 2.75) is 51.2 Å². The lowest BCUT2D eigenvalue weighted by atomic mass is 10.1. The molecule has 0 unspecified atom stereocenters. The number of benzene rings is 2. The maximum Gasteiger partial charge on any atom is 0.261 e. The van der Waals surface area contributed by atoms with Gasteiger partial charge >= 0.3 is 0 Å². The molecule has 5 nitrogen and oxygen atoms in total. The highest BCUT2D eigenvalue weighted by Gasteiger charge is 2.32. The van der Waals surface area contributed by atoms with Crippen molar-refractivity contribution < 1.29 is 14.3 Å². The predicted molar refractivity (Wildman–Crippen MR) is 112 cm³/mol. The van der Waals surface area contributed by atoms with Crippen molar-refractivity contribution in [2.75, 3.05) is 6.61 Å². The normalized spacial score (nSPS) is 15.7. The molecule has 0 saturated heterocycles. The number of halogens is 1. The van der Waals surface area contributed by atoms with E-state index in [1.807, 2.05) is 42.2 Å². The Morgan fingerprint density at radius 1 is 1.10 bits per heavy atom. The van der Waals surface area contributed by atoms with E-state index in [1.54, 1.807) is 12.1 Å². The van der Waals surface area contributed by atoms with E-state index in [4.69, 9.17) is 16.3 Å². The molecule has 2 aromatic rings. The minimum absolute atomic E-state index is 0.000844. The average Bonchev–Trinajstić information content (AvgIpc) is 3.60. The largest absolute Gasteiger partial charge is 0.483 e. The van der Waals surface area contributed by atoms with Crippen molar-refractivity contribution in [2.24, 2.45) is 0 Å². The number of carbonyl (C=O) groups excluding carboxylic acids is 2. The number of nitrogens with one attached hydrogen (secondary N) is 1. The number of hydrogen-bond acceptors (Lipinski definition) is 3. The van der Waals surface area contributed by atoms with Crippen LogP contribution in [0.2, 0.25) is 5.02 Å². The van der Waals surface area contributed by atoms with Crippen molar-refractivity contribution >= 4 is 23.4 Å². The molecule has 6 heteroatoms. The van der Waals surface area contributed by atoms with Gasteiger partial charge in [-0.1, -0.05) is 23.7 Å². The molecule has 29 heavy (non-hydrogen) atoms. The molecule has 2 aromatic carbocycles. The van der Waals surface area contributed by atoms with Crippen LogP contribution in [0.25, 0.3) is 0 Å². The van der Waals surface area contributed by atoms with Crippen LogP contribution in [0.5, 0.6) is 5.75 Å². The van der Waals surface area contributed by atoms with Gasteiger partial charge in [0.05, 0.1) is 0 Å². The van der Waals surface area contributed by atoms with Crippen molar-refractivity contribution in [3.05, 3.63) is 64.2 Å². The van der Waals surface area contributed by atoms with E-state index in [-0.39, 0.29) is 24.5 Å². The first-order valence-corrected chi connectivity index (χ1v) is 10.5. The zero-order valence-corrected chi connectivity index (χ0v) is 17.2. The first kappa shape index (κ1) is 19.8. The van der Waals surface area contributed by atoms with Gasteiger partial charge in [0, 0.05) is 29.2 Å². The molecule has 0 aliphatic heterocycles. The molecule has 0 aromatic heterocycles. The molecule has 1 N–H and O–H groups in total. The summed E-state index contributed by atoms with van der Waals surface area (Å²) in [4.78, 5) is 26.8. The SMILES string of the molecule is Cc1cc(Cl)ccc1OCC(=O)N(Cc1ccc(C(=O)NC2CC2)cc1)C1CC1. The van der Waals surface area contributed by atoms with Gasteiger partial charge in [0.2, 0.25) is 0 Å². The highest BCUT2D eigenvalue weighted by Crippen LogP contribution is 2.29. The molecule has 152 valence electrons. The van der Waals surface area contributed by atoms with Crippen molar-refractivity contribution in [3.63, 3.8) is 0 Å². The van der Waals surface area contributed by atoms with Gasteiger partial charge in [0.15, 0.2) is 6.61 Å². The number of nitrogens with zero attached hydrogens (tertiary/aromatic N) is 1. The van der Waals surface area contributed by atoms with Crippen LogP contribution in [0.4, 0.5) is 0 Å². The van der Waals surface area contributed by atoms with E-state index in [2.05, 4.69) is 5.32 Å². The maximum absolute atomic E-state index is 12.8. The number of ether oxygens (including phenoxy) is 1. The summed E-state index contributed by atoms with van der Waals surface area (Å²) >= 11 is 5.97. The molecule has 0 spiro atoms. The fourth-order valence-corrected chi connectivity index (χ4v) is 3.49. The Hall–Kier alpha value is -2.53. The molecular weight excluding hydrogens is 388 g/mol. The molecule has 2 amide bonds. The molecule has 2 aliphatic carbocycles. The topological polar surface area (TPSA) is 58.6 Å². The number of amides is 2. The van der Waals surface area contributed by atoms with Crippen molar-refractivity contribution in [3.8, 4) is 5.75 Å². The standard InChI is InChI=1S/C23H25ClN2O3/c1-15-12-18(24)6-11-21(15)29-14-22(27)26(20-9-10-20)13-16-2-4-17(5-3-16)23(28)25-19-7-8-19/h2-6,11-12,19-20H,7-10,13-14H2,1H3,(H,25,28). The second kappa shape index (κ2) is 8.46. The molecule has 0 radical (unpaired) electrons. The summed E-state index contributed by atoms with van der Waals surface area (Å²) in [5.41, 5.74) is 2.57. The van der Waals surface area contributed by atoms with Gasteiger partial charge in [-0.2, -0.15) is 0 Å². The van der Waals surface area contributed by atoms with Crippen molar-refractivity contribution in [1.29, 1.82) is 0 Å². The first-order valence-electron chi connectivity index (χ1n) is 10.1. The van der Waals surface area contributed by atoms with E-state index in [0.717, 1.165) is 36.8 Å². The van der Waals surface area contributed by atoms with E-state index < -0.39 is 0 Å². The molecule has 0 bridgehead atoms. The van der Waals surface area contributed by atoms with Gasteiger partial charge < -0.3 is 15.0 Å². The van der Waals surface area contributed by atoms with Crippen LogP contribution >= 0.6 is 11.6 Å². The zero-order chi connectivity index (χ0) is 20.4. The lowest BCUT2D eigenvalue weighted by molar-refractivity contribution is -0.134. The monoisotopic (exact) mass is 412 g/mol. The van der Waals surface area contributed by atoms with Crippen LogP contribution in [-0.2, 0) is 11.3 Å². The van der Waals surface area contributed by atoms with Crippen LogP contribution < -0.4 is 10.1 Å². The Morgan fingerprint density at radius 3 is 2.45 bits per heavy atom. The minimum atomic E-state index is -0.0302. The number of hydrogen-bond donors (Lipinski definition) is 1. The third kappa shape index (κ3) is 5.30. The Kier molecular flexibility index (Phi) is 5.76. The lowest BCUT2D eigenvalue weighted by Gasteiger charge is -2.23. The molecule has 0 atom stereocenters. The summed E-state index contributed by atoms with van der Waals surface area (Å²) in [6.45, 7) is 2.43. The van der Waals surface area contributed by atoms with Crippen molar-refractivity contribution in [1.82, 2.24) is 10.2 Å². The molecular formula is C23H25ClN2O3. The fourth-order valence-electron chi connectivity index (χ4n) is 3.26. The number of rotatable bonds is 8. The summed E-state index contributed by atoms with van der Waals surface area (Å²) < 4.78 is 5.74. The third-order valence-corrected chi connectivity index (χ3v) is 5.51. The second-order valence-corrected chi connectivity index (χ2v) is 8.33. The highest BCUT2D eigenvalue weighted by molar-refractivity contribution is 6.30. The molecule has 2 fully saturated rings. The van der Waals surface area contributed by atoms with E-state index >= 15 is 0 Å². The van der Waals surface area contributed by atoms with Crippen LogP contribution in [0, 0.1) is 6.92 Å². The Balaban J connectivity index is 1.36. The quantitative estimate of drug-likeness (QED) is 0.709. The summed E-state index contributed by atoms with van der Waals surface area (Å²) in [6.07, 6.45) is 4.18. The summed E-state index contributed by atoms with van der Waals surface area (Å²) in [6, 6.07) is 13.5. The van der Waals surface area contributed by atoms with E-state index in [9.17, 15) is 9.59 Å². The van der Waals surface area contributed by atoms with Gasteiger partial charge in [0.1, 0.15) is 5.75 Å². The molecule has 4 rings (SSSR count). The van der Waals surface area contributed by atoms with Crippen LogP contribution in [-0.4, -0.2) is 35.4 Å². The first-order chi connectivity index (χ1) is 14.0. The van der Waals surface area contributed by atoms with Crippen LogP contribution in [0.15, 0.2) is 42.5 Å². The zero-order valence-electron chi connectivity index (χ0n) is 16.5. The van der Waals surface area contributed by atoms with E-state index in [0.29, 0.717) is 28.9 Å². The second-order valence-electron chi connectivity index (χ2n) is 7.90. The maximum atomic E-state index is 12.8. The number of aryl methyl sites for hydroxylation is 1. The van der Waals surface area contributed by atoms with Gasteiger partial charge in [-0.05, 0) is 74.1 Å². The van der Waals surface area contributed by atoms with Gasteiger partial charge in [-0.3, -0.25) is 9.59 Å². The van der Waals surface area contributed by atoms with Crippen LogP contribution in [0.3, 0.4) is 0 Å². The van der Waals surface area contributed by atoms with Gasteiger partial charge in [-0.15, -0.1) is 0 Å². The minimum Gasteiger partial charge on any atom is -0.483 e. The van der Waals surface area contributed by atoms with Gasteiger partial charge in [-0.25, -0.2) is 0 Å². The summed E-state index contributed by atoms with van der Waals surface area (Å²) in [5, 5.41) is 3.64. The third-order valence-electron chi connectivity index (χ3n) is 5.28. The molecule has 0 heterocycles. The molecule has 2 saturated carbocycles. The summed E-state index contributed by atoms with van der Waals surface area (Å²) in [7, 11) is 0. The summed E-state index contributed by atoms with van der Waals surface area (Å²) in [5.74, 6) is 0.614. The van der Waals surface area contributed by atoms with E-state index in [1.165, 1.54) is 0 Å². The predicted octanol–water partition coefficient (Wildman–Crippen LogP) is 4.11. The molecule has 2 aliphatic rings. The Bertz CT molecular complexity index is 905. The van der Waals surface area contributed by atoms with Gasteiger partial charge in [0.25, 0.3) is 11.8 Å². The highest BCUT2D eigenvalue weighted by atomic mass is 35.5. The Labute approximate surface area is 176 Å². The smallest absolute Gasteiger partial charge is 0.261 e. The van der Waals surface area contributed by atoms with Crippen LogP contribution in [0.1, 0.15) is 47.2 Å².